The molecule has 0 N–H and O–H groups in total. The molecule has 0 radical (unpaired) electrons. The lowest BCUT2D eigenvalue weighted by Gasteiger charge is -2.23. The van der Waals surface area contributed by atoms with E-state index in [1.807, 2.05) is 0 Å². The van der Waals surface area contributed by atoms with Crippen LogP contribution in [-0.4, -0.2) is 9.38 Å². The molecule has 164 valence electrons. The zero-order chi connectivity index (χ0) is 22.7. The Labute approximate surface area is 203 Å². The first-order valence-corrected chi connectivity index (χ1v) is 12.6. The minimum absolute atomic E-state index is 1.06. The number of pyridine rings is 1. The standard InChI is InChI=1S/C33H22N2/c1-2-8-23-19(7-1)15-21-17-22-16-20-13-14-25-24-9-3-5-11-29(24)35-30-12-6-4-10-28(30)34-33(35)32(25)31(20)27(22)18-26(21)23/h1-12,17-18H,13-16H2. The van der Waals surface area contributed by atoms with E-state index >= 15 is 0 Å². The smallest absolute Gasteiger partial charge is 0.146 e. The molecule has 0 amide bonds. The SMILES string of the molecule is c1ccc2c(c1)Cc1cc3c(cc1-2)C1=C(CCc2c1c1nc4ccccc4n1c1ccccc21)C3. The van der Waals surface area contributed by atoms with Crippen molar-refractivity contribution < 1.29 is 0 Å². The van der Waals surface area contributed by atoms with Crippen LogP contribution < -0.4 is 0 Å². The summed E-state index contributed by atoms with van der Waals surface area (Å²) in [7, 11) is 0. The van der Waals surface area contributed by atoms with Gasteiger partial charge in [0.25, 0.3) is 0 Å². The monoisotopic (exact) mass is 446 g/mol. The van der Waals surface area contributed by atoms with Gasteiger partial charge < -0.3 is 0 Å². The zero-order valence-corrected chi connectivity index (χ0v) is 19.3. The highest BCUT2D eigenvalue weighted by atomic mass is 15.0. The fraction of sp³-hybridized carbons (Fsp3) is 0.121. The zero-order valence-electron chi connectivity index (χ0n) is 19.3. The van der Waals surface area contributed by atoms with Crippen molar-refractivity contribution >= 4 is 33.2 Å². The van der Waals surface area contributed by atoms with Crippen molar-refractivity contribution in [3.8, 4) is 11.1 Å². The first kappa shape index (κ1) is 18.2. The minimum atomic E-state index is 1.06. The summed E-state index contributed by atoms with van der Waals surface area (Å²) in [6, 6.07) is 31.4. The van der Waals surface area contributed by atoms with Gasteiger partial charge in [0.2, 0.25) is 0 Å². The van der Waals surface area contributed by atoms with Gasteiger partial charge in [-0.1, -0.05) is 66.2 Å². The third-order valence-corrected chi connectivity index (χ3v) is 8.53. The molecule has 0 spiro atoms. The van der Waals surface area contributed by atoms with Crippen LogP contribution in [-0.2, 0) is 19.3 Å². The van der Waals surface area contributed by atoms with Crippen molar-refractivity contribution in [1.82, 2.24) is 9.38 Å². The summed E-state index contributed by atoms with van der Waals surface area (Å²) in [5.74, 6) is 0. The Morgan fingerprint density at radius 3 is 2.40 bits per heavy atom. The molecular formula is C33H22N2. The van der Waals surface area contributed by atoms with Gasteiger partial charge in [0.05, 0.1) is 16.6 Å². The molecule has 9 rings (SSSR count). The van der Waals surface area contributed by atoms with Gasteiger partial charge in [-0.3, -0.25) is 4.40 Å². The van der Waals surface area contributed by atoms with Crippen molar-refractivity contribution in [1.29, 1.82) is 0 Å². The molecular weight excluding hydrogens is 424 g/mol. The van der Waals surface area contributed by atoms with Crippen molar-refractivity contribution in [2.24, 2.45) is 0 Å². The maximum atomic E-state index is 5.25. The molecule has 0 saturated carbocycles. The van der Waals surface area contributed by atoms with Crippen molar-refractivity contribution in [3.05, 3.63) is 124 Å². The number of imidazole rings is 1. The minimum Gasteiger partial charge on any atom is -0.292 e. The molecule has 0 unspecified atom stereocenters. The van der Waals surface area contributed by atoms with Crippen LogP contribution in [0.15, 0.2) is 90.5 Å². The van der Waals surface area contributed by atoms with E-state index in [0.29, 0.717) is 0 Å². The summed E-state index contributed by atoms with van der Waals surface area (Å²) in [5, 5.41) is 1.37. The van der Waals surface area contributed by atoms with E-state index in [-0.39, 0.29) is 0 Å². The van der Waals surface area contributed by atoms with E-state index in [4.69, 9.17) is 4.98 Å². The lowest BCUT2D eigenvalue weighted by Crippen LogP contribution is -2.08. The van der Waals surface area contributed by atoms with Crippen LogP contribution in [0.4, 0.5) is 0 Å². The second-order valence-corrected chi connectivity index (χ2v) is 10.3. The maximum absolute atomic E-state index is 5.25. The summed E-state index contributed by atoms with van der Waals surface area (Å²) in [4.78, 5) is 5.25. The lowest BCUT2D eigenvalue weighted by molar-refractivity contribution is 0.901. The summed E-state index contributed by atoms with van der Waals surface area (Å²) >= 11 is 0. The molecule has 0 atom stereocenters. The van der Waals surface area contributed by atoms with Crippen LogP contribution in [0.5, 0.6) is 0 Å². The number of rotatable bonds is 0. The number of hydrogen-bond donors (Lipinski definition) is 0. The molecule has 35 heavy (non-hydrogen) atoms. The average molecular weight is 447 g/mol. The molecule has 0 fully saturated rings. The molecule has 3 aliphatic carbocycles. The Morgan fingerprint density at radius 1 is 0.629 bits per heavy atom. The quantitative estimate of drug-likeness (QED) is 0.236. The first-order chi connectivity index (χ1) is 17.3. The summed E-state index contributed by atoms with van der Waals surface area (Å²) in [5.41, 5.74) is 19.2. The highest BCUT2D eigenvalue weighted by Crippen LogP contribution is 2.50. The second kappa shape index (κ2) is 6.28. The van der Waals surface area contributed by atoms with E-state index in [0.717, 1.165) is 36.8 Å². The summed E-state index contributed by atoms with van der Waals surface area (Å²) < 4.78 is 2.40. The molecule has 4 aromatic carbocycles. The molecule has 2 aromatic heterocycles. The fourth-order valence-corrected chi connectivity index (χ4v) is 7.08. The van der Waals surface area contributed by atoms with Gasteiger partial charge in [-0.05, 0) is 94.5 Å². The molecule has 0 aliphatic heterocycles. The molecule has 2 heteroatoms. The third kappa shape index (κ3) is 2.23. The Morgan fingerprint density at radius 2 is 1.43 bits per heavy atom. The van der Waals surface area contributed by atoms with Gasteiger partial charge in [0, 0.05) is 10.9 Å². The average Bonchev–Trinajstić information content (AvgIpc) is 3.58. The molecule has 2 heterocycles. The van der Waals surface area contributed by atoms with Crippen molar-refractivity contribution in [3.63, 3.8) is 0 Å². The Hall–Kier alpha value is -4.17. The van der Waals surface area contributed by atoms with Crippen LogP contribution >= 0.6 is 0 Å². The molecule has 0 bridgehead atoms. The molecule has 3 aliphatic rings. The number of fused-ring (bicyclic) bond motifs is 14. The van der Waals surface area contributed by atoms with Crippen LogP contribution in [0, 0.1) is 0 Å². The van der Waals surface area contributed by atoms with Crippen LogP contribution in [0.25, 0.3) is 44.3 Å². The maximum Gasteiger partial charge on any atom is 0.146 e. The van der Waals surface area contributed by atoms with E-state index in [2.05, 4.69) is 89.3 Å². The predicted octanol–water partition coefficient (Wildman–Crippen LogP) is 7.52. The fourth-order valence-electron chi connectivity index (χ4n) is 7.08. The van der Waals surface area contributed by atoms with Crippen molar-refractivity contribution in [2.45, 2.75) is 25.7 Å². The lowest BCUT2D eigenvalue weighted by atomic mass is 9.83. The molecule has 6 aromatic rings. The van der Waals surface area contributed by atoms with Gasteiger partial charge in [0.15, 0.2) is 0 Å². The Bertz CT molecular complexity index is 1950. The van der Waals surface area contributed by atoms with E-state index in [1.54, 1.807) is 5.57 Å². The normalized spacial score (nSPS) is 15.4. The van der Waals surface area contributed by atoms with Gasteiger partial charge in [-0.15, -0.1) is 0 Å². The van der Waals surface area contributed by atoms with Crippen LogP contribution in [0.3, 0.4) is 0 Å². The largest absolute Gasteiger partial charge is 0.292 e. The summed E-state index contributed by atoms with van der Waals surface area (Å²) in [6.07, 6.45) is 4.36. The Balaban J connectivity index is 1.40. The van der Waals surface area contributed by atoms with E-state index in [9.17, 15) is 0 Å². The predicted molar refractivity (Wildman–Crippen MR) is 143 cm³/mol. The first-order valence-electron chi connectivity index (χ1n) is 12.6. The second-order valence-electron chi connectivity index (χ2n) is 10.3. The van der Waals surface area contributed by atoms with Gasteiger partial charge in [-0.25, -0.2) is 4.98 Å². The topological polar surface area (TPSA) is 17.3 Å². The van der Waals surface area contributed by atoms with Crippen molar-refractivity contribution in [2.75, 3.05) is 0 Å². The number of hydrogen-bond acceptors (Lipinski definition) is 1. The number of aromatic nitrogens is 2. The number of allylic oxidation sites excluding steroid dienone is 1. The highest BCUT2D eigenvalue weighted by Gasteiger charge is 2.33. The number of nitrogens with zero attached hydrogens (tertiary/aromatic N) is 2. The van der Waals surface area contributed by atoms with Crippen LogP contribution in [0.1, 0.15) is 39.8 Å². The Kier molecular flexibility index (Phi) is 3.27. The number of aryl methyl sites for hydroxylation is 1. The number of benzene rings is 4. The van der Waals surface area contributed by atoms with Crippen LogP contribution in [0.2, 0.25) is 0 Å². The third-order valence-electron chi connectivity index (χ3n) is 8.53. The van der Waals surface area contributed by atoms with E-state index < -0.39 is 0 Å². The van der Waals surface area contributed by atoms with Gasteiger partial charge in [0.1, 0.15) is 5.65 Å². The molecule has 0 saturated heterocycles. The summed E-state index contributed by atoms with van der Waals surface area (Å²) in [6.45, 7) is 0. The van der Waals surface area contributed by atoms with Gasteiger partial charge >= 0.3 is 0 Å². The highest BCUT2D eigenvalue weighted by molar-refractivity contribution is 6.04. The van der Waals surface area contributed by atoms with Gasteiger partial charge in [-0.2, -0.15) is 0 Å². The molecule has 2 nitrogen and oxygen atoms in total. The van der Waals surface area contributed by atoms with E-state index in [1.165, 1.54) is 66.5 Å². The number of para-hydroxylation sites is 3.